The summed E-state index contributed by atoms with van der Waals surface area (Å²) in [5.41, 5.74) is 0. The minimum absolute atomic E-state index is 0.518. The molecule has 2 heterocycles. The number of nitrogens with one attached hydrogen (secondary N) is 1. The van der Waals surface area contributed by atoms with Crippen molar-refractivity contribution in [1.29, 1.82) is 0 Å². The Morgan fingerprint density at radius 3 is 2.79 bits per heavy atom. The van der Waals surface area contributed by atoms with Gasteiger partial charge in [0.1, 0.15) is 6.33 Å². The minimum Gasteiger partial charge on any atom is -0.353 e. The summed E-state index contributed by atoms with van der Waals surface area (Å²) in [4.78, 5) is 12.1. The molecule has 2 aromatic heterocycles. The number of hydrogen-bond donors (Lipinski definition) is 1. The van der Waals surface area contributed by atoms with Gasteiger partial charge in [-0.3, -0.25) is 0 Å². The highest BCUT2D eigenvalue weighted by Gasteiger charge is 2.02. The summed E-state index contributed by atoms with van der Waals surface area (Å²) >= 11 is 0. The number of nitrogens with zero attached hydrogens (tertiary/aromatic N) is 5. The van der Waals surface area contributed by atoms with Gasteiger partial charge in [-0.1, -0.05) is 0 Å². The molecule has 0 unspecified atom stereocenters. The molecule has 0 fully saturated rings. The Hall–Kier alpha value is -1.98. The van der Waals surface area contributed by atoms with E-state index in [0.717, 1.165) is 6.54 Å². The highest BCUT2D eigenvalue weighted by atomic mass is 15.4. The summed E-state index contributed by atoms with van der Waals surface area (Å²) in [7, 11) is 0. The molecule has 6 heteroatoms. The second kappa shape index (κ2) is 3.82. The molecule has 2 aromatic rings. The van der Waals surface area contributed by atoms with E-state index >= 15 is 0 Å². The number of hydrogen-bond acceptors (Lipinski definition) is 5. The summed E-state index contributed by atoms with van der Waals surface area (Å²) in [6.45, 7) is 2.78. The van der Waals surface area contributed by atoms with Crippen LogP contribution in [0, 0.1) is 0 Å². The minimum atomic E-state index is 0.518. The van der Waals surface area contributed by atoms with Crippen LogP contribution in [0.2, 0.25) is 0 Å². The summed E-state index contributed by atoms with van der Waals surface area (Å²) in [6, 6.07) is 1.76. The summed E-state index contributed by atoms with van der Waals surface area (Å²) < 4.78 is 1.53. The Morgan fingerprint density at radius 2 is 2.07 bits per heavy atom. The highest BCUT2D eigenvalue weighted by Crippen LogP contribution is 2.00. The Labute approximate surface area is 81.0 Å². The van der Waals surface area contributed by atoms with Gasteiger partial charge in [-0.05, 0) is 13.0 Å². The topological polar surface area (TPSA) is 68.5 Å². The van der Waals surface area contributed by atoms with Crippen molar-refractivity contribution in [2.24, 2.45) is 0 Å². The smallest absolute Gasteiger partial charge is 0.252 e. The van der Waals surface area contributed by atoms with Gasteiger partial charge in [-0.25, -0.2) is 9.97 Å². The molecule has 0 atom stereocenters. The van der Waals surface area contributed by atoms with Crippen molar-refractivity contribution in [3.8, 4) is 5.95 Å². The van der Waals surface area contributed by atoms with Crippen molar-refractivity contribution in [3.63, 3.8) is 0 Å². The zero-order valence-electron chi connectivity index (χ0n) is 7.75. The second-order valence-electron chi connectivity index (χ2n) is 2.59. The van der Waals surface area contributed by atoms with Crippen LogP contribution in [0.4, 0.5) is 5.95 Å². The molecule has 0 bridgehead atoms. The first-order chi connectivity index (χ1) is 6.90. The van der Waals surface area contributed by atoms with Gasteiger partial charge in [0.25, 0.3) is 5.95 Å². The number of anilines is 1. The Balaban J connectivity index is 2.25. The third kappa shape index (κ3) is 1.68. The van der Waals surface area contributed by atoms with Crippen molar-refractivity contribution >= 4 is 5.95 Å². The van der Waals surface area contributed by atoms with E-state index < -0.39 is 0 Å². The molecular formula is C8H10N6. The SMILES string of the molecule is CCNc1ncn(-c2ncccn2)n1. The third-order valence-electron chi connectivity index (χ3n) is 1.58. The van der Waals surface area contributed by atoms with E-state index in [0.29, 0.717) is 11.9 Å². The molecule has 0 spiro atoms. The van der Waals surface area contributed by atoms with Crippen LogP contribution in [0.5, 0.6) is 0 Å². The number of aromatic nitrogens is 5. The average Bonchev–Trinajstić information content (AvgIpc) is 2.68. The molecule has 0 aliphatic heterocycles. The normalized spacial score (nSPS) is 10.1. The Kier molecular flexibility index (Phi) is 2.35. The fourth-order valence-electron chi connectivity index (χ4n) is 1.01. The van der Waals surface area contributed by atoms with Gasteiger partial charge in [0.15, 0.2) is 0 Å². The predicted molar refractivity (Wildman–Crippen MR) is 51.1 cm³/mol. The van der Waals surface area contributed by atoms with E-state index in [4.69, 9.17) is 0 Å². The largest absolute Gasteiger partial charge is 0.353 e. The van der Waals surface area contributed by atoms with Crippen LogP contribution in [0.25, 0.3) is 5.95 Å². The van der Waals surface area contributed by atoms with Gasteiger partial charge in [-0.2, -0.15) is 9.67 Å². The van der Waals surface area contributed by atoms with Crippen LogP contribution in [-0.4, -0.2) is 31.3 Å². The number of rotatable bonds is 3. The van der Waals surface area contributed by atoms with Gasteiger partial charge in [0, 0.05) is 18.9 Å². The predicted octanol–water partition coefficient (Wildman–Crippen LogP) is 0.489. The van der Waals surface area contributed by atoms with E-state index in [1.54, 1.807) is 24.8 Å². The summed E-state index contributed by atoms with van der Waals surface area (Å²) in [5.74, 6) is 1.10. The molecule has 0 saturated carbocycles. The standard InChI is InChI=1S/C8H10N6/c1-2-9-7-12-6-14(13-7)8-10-4-3-5-11-8/h3-6H,2H2,1H3,(H,9,13). The maximum atomic E-state index is 4.14. The zero-order valence-corrected chi connectivity index (χ0v) is 7.75. The molecule has 0 aliphatic rings. The van der Waals surface area contributed by atoms with E-state index in [-0.39, 0.29) is 0 Å². The van der Waals surface area contributed by atoms with Crippen LogP contribution >= 0.6 is 0 Å². The van der Waals surface area contributed by atoms with Gasteiger partial charge < -0.3 is 5.32 Å². The van der Waals surface area contributed by atoms with Crippen molar-refractivity contribution in [1.82, 2.24) is 24.7 Å². The van der Waals surface area contributed by atoms with Gasteiger partial charge >= 0.3 is 0 Å². The zero-order chi connectivity index (χ0) is 9.80. The maximum Gasteiger partial charge on any atom is 0.252 e. The summed E-state index contributed by atoms with van der Waals surface area (Å²) in [6.07, 6.45) is 4.90. The first-order valence-corrected chi connectivity index (χ1v) is 4.33. The molecule has 0 aromatic carbocycles. The molecule has 6 nitrogen and oxygen atoms in total. The lowest BCUT2D eigenvalue weighted by Gasteiger charge is -1.95. The van der Waals surface area contributed by atoms with Crippen LogP contribution in [0.15, 0.2) is 24.8 Å². The van der Waals surface area contributed by atoms with Crippen molar-refractivity contribution in [2.75, 3.05) is 11.9 Å². The van der Waals surface area contributed by atoms with Crippen LogP contribution < -0.4 is 5.32 Å². The quantitative estimate of drug-likeness (QED) is 0.762. The molecule has 0 amide bonds. The lowest BCUT2D eigenvalue weighted by molar-refractivity contribution is 0.807. The molecule has 72 valence electrons. The second-order valence-corrected chi connectivity index (χ2v) is 2.59. The Morgan fingerprint density at radius 1 is 1.29 bits per heavy atom. The monoisotopic (exact) mass is 190 g/mol. The maximum absolute atomic E-state index is 4.14. The van der Waals surface area contributed by atoms with Crippen molar-refractivity contribution in [2.45, 2.75) is 6.92 Å². The van der Waals surface area contributed by atoms with Gasteiger partial charge in [0.2, 0.25) is 5.95 Å². The van der Waals surface area contributed by atoms with E-state index in [1.807, 2.05) is 6.92 Å². The molecule has 2 rings (SSSR count). The Bertz CT molecular complexity index is 395. The molecule has 14 heavy (non-hydrogen) atoms. The summed E-state index contributed by atoms with van der Waals surface area (Å²) in [5, 5.41) is 7.14. The van der Waals surface area contributed by atoms with Gasteiger partial charge in [0.05, 0.1) is 0 Å². The first-order valence-electron chi connectivity index (χ1n) is 4.33. The molecule has 0 aliphatic carbocycles. The average molecular weight is 190 g/mol. The lowest BCUT2D eigenvalue weighted by atomic mass is 10.7. The molecule has 0 saturated heterocycles. The highest BCUT2D eigenvalue weighted by molar-refractivity contribution is 5.22. The van der Waals surface area contributed by atoms with Crippen LogP contribution in [-0.2, 0) is 0 Å². The van der Waals surface area contributed by atoms with Crippen LogP contribution in [0.1, 0.15) is 6.92 Å². The fraction of sp³-hybridized carbons (Fsp3) is 0.250. The lowest BCUT2D eigenvalue weighted by Crippen LogP contribution is -2.02. The van der Waals surface area contributed by atoms with E-state index in [9.17, 15) is 0 Å². The van der Waals surface area contributed by atoms with Crippen molar-refractivity contribution < 1.29 is 0 Å². The molecular weight excluding hydrogens is 180 g/mol. The van der Waals surface area contributed by atoms with Crippen molar-refractivity contribution in [3.05, 3.63) is 24.8 Å². The molecule has 1 N–H and O–H groups in total. The molecule has 0 radical (unpaired) electrons. The van der Waals surface area contributed by atoms with E-state index in [2.05, 4.69) is 25.4 Å². The fourth-order valence-corrected chi connectivity index (χ4v) is 1.01. The van der Waals surface area contributed by atoms with Crippen LogP contribution in [0.3, 0.4) is 0 Å². The first kappa shape index (κ1) is 8.61. The van der Waals surface area contributed by atoms with E-state index in [1.165, 1.54) is 4.68 Å². The van der Waals surface area contributed by atoms with Gasteiger partial charge in [-0.15, -0.1) is 5.10 Å². The third-order valence-corrected chi connectivity index (χ3v) is 1.58.